The first-order chi connectivity index (χ1) is 9.45. The van der Waals surface area contributed by atoms with Crippen molar-refractivity contribution in [2.75, 3.05) is 32.1 Å². The number of aliphatic hydroxyl groups is 1. The standard InChI is InChI=1S/C13H20N4O3/c1-13(2)8-17(6-9(7-18)20-13)12(19)10-4-16-11(14-3)5-15-10/h4-5,9,18H,6-8H2,1-3H3,(H,14,16). The highest BCUT2D eigenvalue weighted by atomic mass is 16.5. The molecule has 110 valence electrons. The van der Waals surface area contributed by atoms with Crippen LogP contribution in [0.25, 0.3) is 0 Å². The van der Waals surface area contributed by atoms with E-state index in [-0.39, 0.29) is 18.6 Å². The third kappa shape index (κ3) is 3.23. The van der Waals surface area contributed by atoms with E-state index in [2.05, 4.69) is 15.3 Å². The number of aromatic nitrogens is 2. The molecule has 0 bridgehead atoms. The van der Waals surface area contributed by atoms with E-state index in [1.807, 2.05) is 13.8 Å². The van der Waals surface area contributed by atoms with Crippen LogP contribution < -0.4 is 5.32 Å². The number of anilines is 1. The molecular weight excluding hydrogens is 260 g/mol. The van der Waals surface area contributed by atoms with Crippen LogP contribution in [0, 0.1) is 0 Å². The maximum Gasteiger partial charge on any atom is 0.274 e. The minimum absolute atomic E-state index is 0.114. The van der Waals surface area contributed by atoms with Crippen molar-refractivity contribution in [2.45, 2.75) is 25.6 Å². The van der Waals surface area contributed by atoms with Crippen LogP contribution >= 0.6 is 0 Å². The Labute approximate surface area is 118 Å². The van der Waals surface area contributed by atoms with Gasteiger partial charge in [0, 0.05) is 20.1 Å². The number of aliphatic hydroxyl groups excluding tert-OH is 1. The van der Waals surface area contributed by atoms with Gasteiger partial charge in [-0.1, -0.05) is 0 Å². The zero-order chi connectivity index (χ0) is 14.8. The normalized spacial score (nSPS) is 21.6. The Hall–Kier alpha value is -1.73. The lowest BCUT2D eigenvalue weighted by Crippen LogP contribution is -2.55. The topological polar surface area (TPSA) is 87.6 Å². The van der Waals surface area contributed by atoms with Gasteiger partial charge in [-0.2, -0.15) is 0 Å². The summed E-state index contributed by atoms with van der Waals surface area (Å²) in [6.07, 6.45) is 2.60. The molecule has 1 atom stereocenters. The van der Waals surface area contributed by atoms with Crippen LogP contribution in [0.5, 0.6) is 0 Å². The quantitative estimate of drug-likeness (QED) is 0.818. The lowest BCUT2D eigenvalue weighted by molar-refractivity contribution is -0.139. The Bertz CT molecular complexity index is 475. The number of rotatable bonds is 3. The molecule has 0 saturated carbocycles. The van der Waals surface area contributed by atoms with Gasteiger partial charge in [-0.3, -0.25) is 4.79 Å². The fourth-order valence-electron chi connectivity index (χ4n) is 2.28. The van der Waals surface area contributed by atoms with Gasteiger partial charge < -0.3 is 20.1 Å². The second-order valence-electron chi connectivity index (χ2n) is 5.40. The average Bonchev–Trinajstić information content (AvgIpc) is 2.44. The molecule has 2 N–H and O–H groups in total. The first kappa shape index (κ1) is 14.7. The van der Waals surface area contributed by atoms with Crippen molar-refractivity contribution in [1.82, 2.24) is 14.9 Å². The lowest BCUT2D eigenvalue weighted by atomic mass is 10.0. The van der Waals surface area contributed by atoms with Gasteiger partial charge in [-0.25, -0.2) is 9.97 Å². The van der Waals surface area contributed by atoms with Crippen molar-refractivity contribution < 1.29 is 14.6 Å². The summed E-state index contributed by atoms with van der Waals surface area (Å²) in [5, 5.41) is 12.1. The molecule has 1 aromatic heterocycles. The summed E-state index contributed by atoms with van der Waals surface area (Å²) in [4.78, 5) is 22.3. The van der Waals surface area contributed by atoms with Crippen molar-refractivity contribution in [2.24, 2.45) is 0 Å². The smallest absolute Gasteiger partial charge is 0.274 e. The van der Waals surface area contributed by atoms with Crippen molar-refractivity contribution in [3.05, 3.63) is 18.1 Å². The molecule has 0 aromatic carbocycles. The molecular formula is C13H20N4O3. The van der Waals surface area contributed by atoms with E-state index in [0.717, 1.165) is 0 Å². The van der Waals surface area contributed by atoms with Crippen LogP contribution in [0.15, 0.2) is 12.4 Å². The number of hydrogen-bond donors (Lipinski definition) is 2. The maximum absolute atomic E-state index is 12.4. The number of amides is 1. The molecule has 0 spiro atoms. The molecule has 7 heteroatoms. The highest BCUT2D eigenvalue weighted by molar-refractivity contribution is 5.92. The van der Waals surface area contributed by atoms with Crippen LogP contribution in [0.3, 0.4) is 0 Å². The van der Waals surface area contributed by atoms with Crippen LogP contribution in [-0.2, 0) is 4.74 Å². The molecule has 0 radical (unpaired) electrons. The number of carbonyl (C=O) groups is 1. The second-order valence-corrected chi connectivity index (χ2v) is 5.40. The minimum atomic E-state index is -0.486. The number of ether oxygens (including phenoxy) is 1. The Kier molecular flexibility index (Phi) is 4.20. The number of carbonyl (C=O) groups excluding carboxylic acids is 1. The Morgan fingerprint density at radius 1 is 1.55 bits per heavy atom. The summed E-state index contributed by atoms with van der Waals surface area (Å²) in [6.45, 7) is 4.49. The van der Waals surface area contributed by atoms with Gasteiger partial charge in [-0.05, 0) is 13.8 Å². The van der Waals surface area contributed by atoms with Gasteiger partial charge in [0.05, 0.1) is 30.7 Å². The Morgan fingerprint density at radius 2 is 2.30 bits per heavy atom. The molecule has 7 nitrogen and oxygen atoms in total. The Balaban J connectivity index is 2.14. The summed E-state index contributed by atoms with van der Waals surface area (Å²) in [5.41, 5.74) is -0.196. The fourth-order valence-corrected chi connectivity index (χ4v) is 2.28. The first-order valence-electron chi connectivity index (χ1n) is 6.53. The first-order valence-corrected chi connectivity index (χ1v) is 6.53. The SMILES string of the molecule is CNc1cnc(C(=O)N2CC(CO)OC(C)(C)C2)cn1. The van der Waals surface area contributed by atoms with E-state index in [1.165, 1.54) is 12.4 Å². The monoisotopic (exact) mass is 280 g/mol. The molecule has 0 aliphatic carbocycles. The van der Waals surface area contributed by atoms with Gasteiger partial charge >= 0.3 is 0 Å². The van der Waals surface area contributed by atoms with E-state index in [4.69, 9.17) is 4.74 Å². The number of nitrogens with zero attached hydrogens (tertiary/aromatic N) is 3. The van der Waals surface area contributed by atoms with Crippen LogP contribution in [0.2, 0.25) is 0 Å². The molecule has 1 fully saturated rings. The highest BCUT2D eigenvalue weighted by Crippen LogP contribution is 2.22. The molecule has 1 amide bonds. The third-order valence-electron chi connectivity index (χ3n) is 3.10. The number of hydrogen-bond acceptors (Lipinski definition) is 6. The molecule has 2 rings (SSSR count). The summed E-state index contributed by atoms with van der Waals surface area (Å²) in [5.74, 6) is 0.409. The molecule has 1 unspecified atom stereocenters. The maximum atomic E-state index is 12.4. The number of nitrogens with one attached hydrogen (secondary N) is 1. The predicted molar refractivity (Wildman–Crippen MR) is 73.5 cm³/mol. The largest absolute Gasteiger partial charge is 0.394 e. The van der Waals surface area contributed by atoms with Gasteiger partial charge in [0.15, 0.2) is 0 Å². The van der Waals surface area contributed by atoms with Crippen molar-refractivity contribution in [3.63, 3.8) is 0 Å². The zero-order valence-electron chi connectivity index (χ0n) is 12.0. The molecule has 1 aliphatic rings. The van der Waals surface area contributed by atoms with Gasteiger partial charge in [0.1, 0.15) is 11.5 Å². The van der Waals surface area contributed by atoms with Crippen molar-refractivity contribution in [1.29, 1.82) is 0 Å². The van der Waals surface area contributed by atoms with Crippen molar-refractivity contribution in [3.8, 4) is 0 Å². The predicted octanol–water partition coefficient (Wildman–Crippen LogP) is 0.130. The van der Waals surface area contributed by atoms with Gasteiger partial charge in [-0.15, -0.1) is 0 Å². The van der Waals surface area contributed by atoms with E-state index >= 15 is 0 Å². The molecule has 20 heavy (non-hydrogen) atoms. The van der Waals surface area contributed by atoms with Crippen LogP contribution in [-0.4, -0.2) is 64.3 Å². The van der Waals surface area contributed by atoms with E-state index in [9.17, 15) is 9.90 Å². The average molecular weight is 280 g/mol. The minimum Gasteiger partial charge on any atom is -0.394 e. The van der Waals surface area contributed by atoms with Gasteiger partial charge in [0.25, 0.3) is 5.91 Å². The zero-order valence-corrected chi connectivity index (χ0v) is 12.0. The molecule has 1 saturated heterocycles. The summed E-state index contributed by atoms with van der Waals surface area (Å²) in [6, 6.07) is 0. The van der Waals surface area contributed by atoms with E-state index < -0.39 is 5.60 Å². The summed E-state index contributed by atoms with van der Waals surface area (Å²) < 4.78 is 5.69. The second kappa shape index (κ2) is 5.72. The molecule has 2 heterocycles. The van der Waals surface area contributed by atoms with Crippen LogP contribution in [0.1, 0.15) is 24.3 Å². The summed E-state index contributed by atoms with van der Waals surface area (Å²) in [7, 11) is 1.74. The highest BCUT2D eigenvalue weighted by Gasteiger charge is 2.36. The fraction of sp³-hybridized carbons (Fsp3) is 0.615. The Morgan fingerprint density at radius 3 is 2.85 bits per heavy atom. The van der Waals surface area contributed by atoms with E-state index in [1.54, 1.807) is 11.9 Å². The summed E-state index contributed by atoms with van der Waals surface area (Å²) >= 11 is 0. The van der Waals surface area contributed by atoms with Crippen molar-refractivity contribution >= 4 is 11.7 Å². The lowest BCUT2D eigenvalue weighted by Gasteiger charge is -2.42. The van der Waals surface area contributed by atoms with Crippen LogP contribution in [0.4, 0.5) is 5.82 Å². The molecule has 1 aliphatic heterocycles. The van der Waals surface area contributed by atoms with E-state index in [0.29, 0.717) is 24.6 Å². The molecule has 1 aromatic rings. The van der Waals surface area contributed by atoms with Gasteiger partial charge in [0.2, 0.25) is 0 Å². The third-order valence-corrected chi connectivity index (χ3v) is 3.10. The number of morpholine rings is 1.